The van der Waals surface area contributed by atoms with Gasteiger partial charge < -0.3 is 14.8 Å². The predicted molar refractivity (Wildman–Crippen MR) is 59.7 cm³/mol. The molecule has 0 aromatic heterocycles. The van der Waals surface area contributed by atoms with E-state index in [1.807, 2.05) is 0 Å². The standard InChI is InChI=1S/C12H15NO3/c1-15-10-4-2-9(3-5-10)12(14)16-11-6-7-13-8-11/h2-5,11,13H,6-8H2,1H3/t11-/m1/s1. The number of ether oxygens (including phenoxy) is 2. The lowest BCUT2D eigenvalue weighted by Gasteiger charge is -2.10. The molecular weight excluding hydrogens is 206 g/mol. The first-order valence-electron chi connectivity index (χ1n) is 5.35. The maximum atomic E-state index is 11.7. The molecule has 4 heteroatoms. The third kappa shape index (κ3) is 2.52. The van der Waals surface area contributed by atoms with E-state index in [0.717, 1.165) is 25.3 Å². The summed E-state index contributed by atoms with van der Waals surface area (Å²) < 4.78 is 10.3. The highest BCUT2D eigenvalue weighted by Crippen LogP contribution is 2.13. The van der Waals surface area contributed by atoms with E-state index in [1.165, 1.54) is 0 Å². The fraction of sp³-hybridized carbons (Fsp3) is 0.417. The molecule has 0 amide bonds. The van der Waals surface area contributed by atoms with Gasteiger partial charge in [-0.1, -0.05) is 0 Å². The fourth-order valence-electron chi connectivity index (χ4n) is 1.68. The zero-order valence-electron chi connectivity index (χ0n) is 9.23. The molecule has 1 atom stereocenters. The second-order valence-corrected chi connectivity index (χ2v) is 3.75. The van der Waals surface area contributed by atoms with Crippen molar-refractivity contribution in [2.75, 3.05) is 20.2 Å². The Hall–Kier alpha value is -1.55. The average molecular weight is 221 g/mol. The highest BCUT2D eigenvalue weighted by atomic mass is 16.5. The van der Waals surface area contributed by atoms with Gasteiger partial charge >= 0.3 is 5.97 Å². The van der Waals surface area contributed by atoms with Crippen molar-refractivity contribution in [3.8, 4) is 5.75 Å². The molecule has 16 heavy (non-hydrogen) atoms. The van der Waals surface area contributed by atoms with Gasteiger partial charge in [-0.15, -0.1) is 0 Å². The lowest BCUT2D eigenvalue weighted by molar-refractivity contribution is 0.0344. The van der Waals surface area contributed by atoms with Crippen molar-refractivity contribution in [3.63, 3.8) is 0 Å². The number of carbonyl (C=O) groups is 1. The molecule has 1 heterocycles. The van der Waals surface area contributed by atoms with Crippen molar-refractivity contribution in [2.24, 2.45) is 0 Å². The van der Waals surface area contributed by atoms with E-state index in [1.54, 1.807) is 31.4 Å². The van der Waals surface area contributed by atoms with Crippen molar-refractivity contribution in [1.82, 2.24) is 5.32 Å². The highest BCUT2D eigenvalue weighted by Gasteiger charge is 2.19. The second kappa shape index (κ2) is 4.99. The van der Waals surface area contributed by atoms with Crippen LogP contribution in [0.4, 0.5) is 0 Å². The van der Waals surface area contributed by atoms with Gasteiger partial charge in [0.05, 0.1) is 12.7 Å². The normalized spacial score (nSPS) is 19.4. The Balaban J connectivity index is 1.97. The van der Waals surface area contributed by atoms with Crippen molar-refractivity contribution in [2.45, 2.75) is 12.5 Å². The molecule has 1 aromatic carbocycles. The predicted octanol–water partition coefficient (Wildman–Crippen LogP) is 1.21. The van der Waals surface area contributed by atoms with Crippen molar-refractivity contribution < 1.29 is 14.3 Å². The summed E-state index contributed by atoms with van der Waals surface area (Å²) in [6, 6.07) is 6.93. The molecule has 2 rings (SSSR count). The number of methoxy groups -OCH3 is 1. The molecule has 1 saturated heterocycles. The van der Waals surface area contributed by atoms with Crippen LogP contribution in [-0.4, -0.2) is 32.3 Å². The molecule has 4 nitrogen and oxygen atoms in total. The summed E-state index contributed by atoms with van der Waals surface area (Å²) in [5.74, 6) is 0.468. The third-order valence-electron chi connectivity index (χ3n) is 2.61. The molecule has 1 aromatic rings. The second-order valence-electron chi connectivity index (χ2n) is 3.75. The van der Waals surface area contributed by atoms with E-state index < -0.39 is 0 Å². The number of rotatable bonds is 3. The summed E-state index contributed by atoms with van der Waals surface area (Å²) in [4.78, 5) is 11.7. The summed E-state index contributed by atoms with van der Waals surface area (Å²) in [5.41, 5.74) is 0.563. The minimum atomic E-state index is -0.267. The lowest BCUT2D eigenvalue weighted by atomic mass is 10.2. The van der Waals surface area contributed by atoms with Gasteiger partial charge in [0, 0.05) is 6.54 Å². The molecule has 86 valence electrons. The zero-order valence-corrected chi connectivity index (χ0v) is 9.23. The van der Waals surface area contributed by atoms with Crippen molar-refractivity contribution >= 4 is 5.97 Å². The van der Waals surface area contributed by atoms with Crippen LogP contribution in [0.2, 0.25) is 0 Å². The van der Waals surface area contributed by atoms with E-state index in [2.05, 4.69) is 5.32 Å². The number of hydrogen-bond acceptors (Lipinski definition) is 4. The number of benzene rings is 1. The summed E-state index contributed by atoms with van der Waals surface area (Å²) in [7, 11) is 1.59. The van der Waals surface area contributed by atoms with Gasteiger partial charge in [0.15, 0.2) is 0 Å². The van der Waals surface area contributed by atoms with Crippen LogP contribution < -0.4 is 10.1 Å². The van der Waals surface area contributed by atoms with Crippen LogP contribution in [0.25, 0.3) is 0 Å². The molecular formula is C12H15NO3. The minimum Gasteiger partial charge on any atom is -0.497 e. The average Bonchev–Trinajstić information content (AvgIpc) is 2.82. The Morgan fingerprint density at radius 3 is 2.69 bits per heavy atom. The van der Waals surface area contributed by atoms with E-state index in [-0.39, 0.29) is 12.1 Å². The Kier molecular flexibility index (Phi) is 3.41. The van der Waals surface area contributed by atoms with Crippen LogP contribution >= 0.6 is 0 Å². The van der Waals surface area contributed by atoms with Crippen LogP contribution in [0.5, 0.6) is 5.75 Å². The smallest absolute Gasteiger partial charge is 0.338 e. The molecule has 1 N–H and O–H groups in total. The third-order valence-corrected chi connectivity index (χ3v) is 2.61. The summed E-state index contributed by atoms with van der Waals surface area (Å²) in [5, 5.41) is 3.15. The topological polar surface area (TPSA) is 47.6 Å². The molecule has 1 fully saturated rings. The van der Waals surface area contributed by atoms with Crippen LogP contribution in [0.3, 0.4) is 0 Å². The molecule has 0 aliphatic carbocycles. The number of nitrogens with one attached hydrogen (secondary N) is 1. The van der Waals surface area contributed by atoms with Gasteiger partial charge in [-0.25, -0.2) is 4.79 Å². The van der Waals surface area contributed by atoms with Gasteiger partial charge in [0.1, 0.15) is 11.9 Å². The van der Waals surface area contributed by atoms with Gasteiger partial charge in [0.2, 0.25) is 0 Å². The first kappa shape index (κ1) is 11.0. The van der Waals surface area contributed by atoms with Crippen LogP contribution in [-0.2, 0) is 4.74 Å². The summed E-state index contributed by atoms with van der Waals surface area (Å²) >= 11 is 0. The highest BCUT2D eigenvalue weighted by molar-refractivity contribution is 5.89. The van der Waals surface area contributed by atoms with Gasteiger partial charge in [-0.05, 0) is 37.2 Å². The Morgan fingerprint density at radius 2 is 2.12 bits per heavy atom. The monoisotopic (exact) mass is 221 g/mol. The number of carbonyl (C=O) groups excluding carboxylic acids is 1. The number of esters is 1. The van der Waals surface area contributed by atoms with Gasteiger partial charge in [-0.3, -0.25) is 0 Å². The largest absolute Gasteiger partial charge is 0.497 e. The molecule has 0 bridgehead atoms. The maximum absolute atomic E-state index is 11.7. The van der Waals surface area contributed by atoms with E-state index >= 15 is 0 Å². The van der Waals surface area contributed by atoms with Gasteiger partial charge in [-0.2, -0.15) is 0 Å². The molecule has 0 unspecified atom stereocenters. The maximum Gasteiger partial charge on any atom is 0.338 e. The lowest BCUT2D eigenvalue weighted by Crippen LogP contribution is -2.20. The molecule has 1 aliphatic heterocycles. The van der Waals surface area contributed by atoms with Crippen molar-refractivity contribution in [1.29, 1.82) is 0 Å². The Bertz CT molecular complexity index is 355. The SMILES string of the molecule is COc1ccc(C(=O)O[C@@H]2CCNC2)cc1. The first-order chi connectivity index (χ1) is 7.79. The summed E-state index contributed by atoms with van der Waals surface area (Å²) in [6.45, 7) is 1.67. The summed E-state index contributed by atoms with van der Waals surface area (Å²) in [6.07, 6.45) is 0.900. The van der Waals surface area contributed by atoms with Gasteiger partial charge in [0.25, 0.3) is 0 Å². The Labute approximate surface area is 94.6 Å². The zero-order chi connectivity index (χ0) is 11.4. The van der Waals surface area contributed by atoms with Crippen molar-refractivity contribution in [3.05, 3.63) is 29.8 Å². The Morgan fingerprint density at radius 1 is 1.38 bits per heavy atom. The number of hydrogen-bond donors (Lipinski definition) is 1. The van der Waals surface area contributed by atoms with E-state index in [9.17, 15) is 4.79 Å². The minimum absolute atomic E-state index is 0.00889. The molecule has 1 aliphatic rings. The first-order valence-corrected chi connectivity index (χ1v) is 5.35. The molecule has 0 radical (unpaired) electrons. The van der Waals surface area contributed by atoms with Crippen LogP contribution in [0.1, 0.15) is 16.8 Å². The quantitative estimate of drug-likeness (QED) is 0.779. The fourth-order valence-corrected chi connectivity index (χ4v) is 1.68. The van der Waals surface area contributed by atoms with E-state index in [0.29, 0.717) is 5.56 Å². The molecule has 0 spiro atoms. The van der Waals surface area contributed by atoms with E-state index in [4.69, 9.17) is 9.47 Å². The molecule has 0 saturated carbocycles. The van der Waals surface area contributed by atoms with Crippen LogP contribution in [0, 0.1) is 0 Å². The van der Waals surface area contributed by atoms with Crippen LogP contribution in [0.15, 0.2) is 24.3 Å².